The third kappa shape index (κ3) is 20.0. The molecule has 0 amide bonds. The van der Waals surface area contributed by atoms with Gasteiger partial charge in [-0.25, -0.2) is 0 Å². The second kappa shape index (κ2) is 28.3. The summed E-state index contributed by atoms with van der Waals surface area (Å²) < 4.78 is 30.9. The number of rotatable bonds is 20. The lowest BCUT2D eigenvalue weighted by atomic mass is 9.91. The molecule has 2 heterocycles. The Balaban J connectivity index is 0.000000260. The van der Waals surface area contributed by atoms with Crippen molar-refractivity contribution in [3.63, 3.8) is 0 Å². The standard InChI is InChI=1S/C24H39BO4P2Si.C24H38O4Si.2C4H9.Al.H/c1-24(2,3)32(4,5)29-18(12-11-17-9-7-6-8-10-17)13-14-19-20-15-23(26)27-21(20)16-22(19)28-25(30)31;1-24(2,3)29(4,5)28-18(12-11-17-9-7-6-8-10-17)13-14-19-20-15-23(26)27-22(20)16-21(19)25;2*1-4(2)3;;/h6-10,13-14,18-22H,11-12,15-16,30-31H2,1-5H3;6-10,13-14,18-23,25-26H,11-12,15-16H2,1-5H3;2*4H,1H2,2-3H3;;/b2*14-13+;;;;/t18-,19+,20+,21-,22+;18-,19+,20+,21+,22-,23?;;;;/m00..../s1. The van der Waals surface area contributed by atoms with Gasteiger partial charge in [0.25, 0.3) is 0 Å². The first-order chi connectivity index (χ1) is 32.7. The molecule has 8 nitrogen and oxygen atoms in total. The van der Waals surface area contributed by atoms with Crippen LogP contribution in [-0.2, 0) is 40.6 Å². The lowest BCUT2D eigenvalue weighted by molar-refractivity contribution is -0.141. The van der Waals surface area contributed by atoms with E-state index in [9.17, 15) is 15.0 Å². The molecule has 392 valence electrons. The van der Waals surface area contributed by atoms with Crippen molar-refractivity contribution in [3.05, 3.63) is 96.1 Å². The van der Waals surface area contributed by atoms with E-state index in [2.05, 4.69) is 193 Å². The molecule has 2 N–H and O–H groups in total. The average Bonchev–Trinajstić information content (AvgIpc) is 3.97. The molecule has 2 saturated carbocycles. The third-order valence-corrected chi connectivity index (χ3v) is 28.3. The van der Waals surface area contributed by atoms with E-state index in [1.165, 1.54) is 21.7 Å². The number of carbonyl (C=O) groups is 1. The number of aryl methyl sites for hydroxylation is 2. The van der Waals surface area contributed by atoms with Gasteiger partial charge in [0.1, 0.15) is 6.10 Å². The van der Waals surface area contributed by atoms with Crippen LogP contribution in [0.15, 0.2) is 85.0 Å². The van der Waals surface area contributed by atoms with Crippen LogP contribution in [-0.4, -0.2) is 97.3 Å². The molecule has 70 heavy (non-hydrogen) atoms. The zero-order chi connectivity index (χ0) is 52.0. The number of carbonyl (C=O) groups excluding carboxylic acids is 1. The average molecular weight is 1050 g/mol. The van der Waals surface area contributed by atoms with Crippen LogP contribution in [0.3, 0.4) is 0 Å². The van der Waals surface area contributed by atoms with Gasteiger partial charge in [0.2, 0.25) is 15.2 Å². The Labute approximate surface area is 439 Å². The molecule has 2 aromatic carbocycles. The first kappa shape index (κ1) is 61.6. The van der Waals surface area contributed by atoms with E-state index < -0.39 is 29.0 Å². The zero-order valence-electron chi connectivity index (χ0n) is 45.9. The number of aliphatic hydroxyl groups is 2. The quantitative estimate of drug-likeness (QED) is 0.0585. The molecule has 2 aromatic rings. The monoisotopic (exact) mass is 1050 g/mol. The molecule has 0 spiro atoms. The van der Waals surface area contributed by atoms with Crippen molar-refractivity contribution in [3.8, 4) is 0 Å². The molecule has 14 heteroatoms. The number of hydrogen-bond donors (Lipinski definition) is 2. The fourth-order valence-corrected chi connectivity index (χ4v) is 14.6. The summed E-state index contributed by atoms with van der Waals surface area (Å²) in [4.78, 5) is 11.9. The van der Waals surface area contributed by atoms with E-state index in [0.29, 0.717) is 34.5 Å². The summed E-state index contributed by atoms with van der Waals surface area (Å²) in [5.41, 5.74) is 2.65. The summed E-state index contributed by atoms with van der Waals surface area (Å²) in [5, 5.41) is 23.7. The minimum absolute atomic E-state index is 0.0113. The van der Waals surface area contributed by atoms with Crippen molar-refractivity contribution in [1.29, 1.82) is 0 Å². The molecule has 0 aromatic heterocycles. The molecule has 6 rings (SSSR count). The summed E-state index contributed by atoms with van der Waals surface area (Å²) in [5.74, 6) is 2.41. The molecule has 4 aliphatic rings. The molecular weight excluding hydrogens is 957 g/mol. The van der Waals surface area contributed by atoms with E-state index >= 15 is 0 Å². The molecule has 2 saturated heterocycles. The highest BCUT2D eigenvalue weighted by Crippen LogP contribution is 2.46. The summed E-state index contributed by atoms with van der Waals surface area (Å²) in [6.07, 6.45) is 14.0. The summed E-state index contributed by atoms with van der Waals surface area (Å²) >= 11 is 0.316. The van der Waals surface area contributed by atoms with Crippen LogP contribution in [0.25, 0.3) is 0 Å². The normalized spacial score (nSPS) is 26.7. The topological polar surface area (TPSA) is 104 Å². The van der Waals surface area contributed by atoms with Crippen LogP contribution < -0.4 is 0 Å². The number of aliphatic hydroxyl groups excluding tert-OH is 2. The Hall–Kier alpha value is -0.959. The number of ether oxygens (including phenoxy) is 2. The maximum absolute atomic E-state index is 11.9. The molecule has 2 aliphatic carbocycles. The van der Waals surface area contributed by atoms with Gasteiger partial charge in [0, 0.05) is 37.0 Å². The van der Waals surface area contributed by atoms with Crippen LogP contribution in [0, 0.1) is 35.5 Å². The smallest absolute Gasteiger partial charge is 0.336 e. The number of benzene rings is 2. The minimum atomic E-state index is -1.93. The van der Waals surface area contributed by atoms with Gasteiger partial charge in [0.05, 0.1) is 36.9 Å². The molecule has 3 unspecified atom stereocenters. The van der Waals surface area contributed by atoms with Gasteiger partial charge in [0.15, 0.2) is 22.9 Å². The van der Waals surface area contributed by atoms with Gasteiger partial charge in [-0.05, 0) is 79.0 Å². The van der Waals surface area contributed by atoms with E-state index in [-0.39, 0.29) is 76.6 Å². The van der Waals surface area contributed by atoms with Crippen molar-refractivity contribution in [2.24, 2.45) is 35.5 Å². The third-order valence-electron chi connectivity index (χ3n) is 15.9. The van der Waals surface area contributed by atoms with Crippen molar-refractivity contribution < 1.29 is 38.0 Å². The van der Waals surface area contributed by atoms with Gasteiger partial charge >= 0.3 is 12.3 Å². The Morgan fingerprint density at radius 1 is 0.714 bits per heavy atom. The van der Waals surface area contributed by atoms with Crippen LogP contribution >= 0.6 is 18.2 Å². The Bertz CT molecular complexity index is 1880. The second-order valence-electron chi connectivity index (χ2n) is 24.6. The predicted molar refractivity (Wildman–Crippen MR) is 308 cm³/mol. The van der Waals surface area contributed by atoms with Crippen LogP contribution in [0.4, 0.5) is 0 Å². The van der Waals surface area contributed by atoms with Crippen LogP contribution in [0.5, 0.6) is 0 Å². The van der Waals surface area contributed by atoms with E-state index in [4.69, 9.17) is 23.0 Å². The van der Waals surface area contributed by atoms with E-state index in [0.717, 1.165) is 43.9 Å². The van der Waals surface area contributed by atoms with Crippen molar-refractivity contribution in [1.82, 2.24) is 0 Å². The maximum Gasteiger partial charge on any atom is 0.336 e. The van der Waals surface area contributed by atoms with Gasteiger partial charge in [-0.1, -0.05) is 177 Å². The second-order valence-corrected chi connectivity index (χ2v) is 38.1. The Kier molecular flexibility index (Phi) is 24.9. The summed E-state index contributed by atoms with van der Waals surface area (Å²) in [6, 6.07) is 21.1. The van der Waals surface area contributed by atoms with Crippen molar-refractivity contribution in [2.45, 2.75) is 210 Å². The van der Waals surface area contributed by atoms with E-state index in [1.54, 1.807) is 0 Å². The predicted octanol–water partition coefficient (Wildman–Crippen LogP) is 12.9. The van der Waals surface area contributed by atoms with Gasteiger partial charge in [-0.3, -0.25) is 4.79 Å². The molecule has 13 atom stereocenters. The fraction of sp³-hybridized carbons (Fsp3) is 0.696. The number of fused-ring (bicyclic) bond motifs is 2. The molecular formula is C56H96AlBO8P2Si2. The molecule has 4 fully saturated rings. The maximum atomic E-state index is 11.9. The zero-order valence-corrected chi connectivity index (χ0v) is 51.7. The van der Waals surface area contributed by atoms with Gasteiger partial charge in [-0.15, -0.1) is 18.2 Å². The SMILES string of the molecule is CC(C)(C)[Si](C)(C)O[C@H](/C=C/[C@@H]1[C@H]2CC(=O)O[C@H]2C[C@H]1OB(P)P)CCc1ccccc1.CC(C)(C)[Si](C)(C)O[C@H](/C=C/[C@@H]1[C@H]2CC(O)O[C@H]2C[C@H]1O)CCc1ccccc1.CC(C)[CH2][AlH][CH2]C(C)C. The minimum Gasteiger partial charge on any atom is -0.462 e. The first-order valence-electron chi connectivity index (χ1n) is 26.8. The van der Waals surface area contributed by atoms with E-state index in [1.807, 2.05) is 6.07 Å². The molecule has 0 bridgehead atoms. The largest absolute Gasteiger partial charge is 0.462 e. The Morgan fingerprint density at radius 2 is 1.19 bits per heavy atom. The first-order valence-corrected chi connectivity index (χ1v) is 36.0. The van der Waals surface area contributed by atoms with Crippen molar-refractivity contribution in [2.75, 3.05) is 0 Å². The lowest BCUT2D eigenvalue weighted by Gasteiger charge is -2.39. The summed E-state index contributed by atoms with van der Waals surface area (Å²) in [6.45, 7) is 32.1. The van der Waals surface area contributed by atoms with Crippen LogP contribution in [0.2, 0.25) is 46.8 Å². The van der Waals surface area contributed by atoms with Crippen molar-refractivity contribution >= 4 is 62.4 Å². The highest BCUT2D eigenvalue weighted by molar-refractivity contribution is 7.92. The number of esters is 1. The fourth-order valence-electron chi connectivity index (χ4n) is 9.69. The molecule has 2 aliphatic heterocycles. The molecule has 0 radical (unpaired) electrons. The van der Waals surface area contributed by atoms with Crippen LogP contribution in [0.1, 0.15) is 119 Å². The lowest BCUT2D eigenvalue weighted by Crippen LogP contribution is -2.43. The van der Waals surface area contributed by atoms with Gasteiger partial charge < -0.3 is 33.2 Å². The number of hydrogen-bond acceptors (Lipinski definition) is 8. The highest BCUT2D eigenvalue weighted by Gasteiger charge is 2.50. The summed E-state index contributed by atoms with van der Waals surface area (Å²) in [7, 11) is 1.51. The Morgan fingerprint density at radius 3 is 1.63 bits per heavy atom. The highest BCUT2D eigenvalue weighted by atomic mass is 31.1. The van der Waals surface area contributed by atoms with Gasteiger partial charge in [-0.2, -0.15) is 0 Å².